The van der Waals surface area contributed by atoms with Crippen molar-refractivity contribution < 1.29 is 31.5 Å². The van der Waals surface area contributed by atoms with E-state index in [2.05, 4.69) is 6.92 Å². The number of benzene rings is 3. The molecule has 2 aliphatic heterocycles. The Labute approximate surface area is 244 Å². The number of carbonyl (C=O) groups is 1. The molecule has 2 fully saturated rings. The van der Waals surface area contributed by atoms with Gasteiger partial charge in [-0.1, -0.05) is 61.0 Å². The monoisotopic (exact) mass is 600 g/mol. The third-order valence-electron chi connectivity index (χ3n) is 8.73. The number of carbonyl (C=O) groups excluding carboxylic acids is 1. The van der Waals surface area contributed by atoms with Gasteiger partial charge in [0.25, 0.3) is 0 Å². The summed E-state index contributed by atoms with van der Waals surface area (Å²) < 4.78 is 70.2. The molecular weight excluding hydrogens is 565 g/mol. The summed E-state index contributed by atoms with van der Waals surface area (Å²) in [6.45, 7) is 3.66. The maximum absolute atomic E-state index is 13.8. The first-order valence-electron chi connectivity index (χ1n) is 14.2. The molecule has 6 nitrogen and oxygen atoms in total. The molecule has 1 N–H and O–H groups in total. The number of aliphatic hydroxyl groups is 1. The second-order valence-corrected chi connectivity index (χ2v) is 13.1. The number of hydrogen-bond donors (Lipinski definition) is 1. The Morgan fingerprint density at radius 2 is 1.64 bits per heavy atom. The largest absolute Gasteiger partial charge is 0.417 e. The van der Waals surface area contributed by atoms with E-state index in [4.69, 9.17) is 0 Å². The molecule has 0 bridgehead atoms. The summed E-state index contributed by atoms with van der Waals surface area (Å²) in [6.07, 6.45) is -3.06. The highest BCUT2D eigenvalue weighted by molar-refractivity contribution is 7.89. The van der Waals surface area contributed by atoms with Gasteiger partial charge in [0.2, 0.25) is 15.9 Å². The first-order chi connectivity index (χ1) is 19.9. The van der Waals surface area contributed by atoms with Gasteiger partial charge in [-0.25, -0.2) is 8.42 Å². The number of aryl methyl sites for hydroxylation is 1. The molecule has 3 atom stereocenters. The van der Waals surface area contributed by atoms with Crippen LogP contribution in [0.3, 0.4) is 0 Å². The summed E-state index contributed by atoms with van der Waals surface area (Å²) in [7, 11) is -4.55. The number of rotatable bonds is 5. The summed E-state index contributed by atoms with van der Waals surface area (Å²) in [5, 5.41) is 10.3. The molecule has 0 unspecified atom stereocenters. The van der Waals surface area contributed by atoms with Crippen molar-refractivity contribution in [2.75, 3.05) is 19.7 Å². The van der Waals surface area contributed by atoms with Crippen LogP contribution in [-0.2, 0) is 21.0 Å². The maximum atomic E-state index is 13.8. The Hall–Kier alpha value is -3.21. The van der Waals surface area contributed by atoms with Gasteiger partial charge in [0, 0.05) is 25.4 Å². The zero-order valence-electron chi connectivity index (χ0n) is 23.6. The van der Waals surface area contributed by atoms with Gasteiger partial charge in [-0.05, 0) is 66.6 Å². The second-order valence-electron chi connectivity index (χ2n) is 11.2. The predicted octanol–water partition coefficient (Wildman–Crippen LogP) is 5.91. The molecule has 224 valence electrons. The van der Waals surface area contributed by atoms with E-state index in [1.54, 1.807) is 4.90 Å². The van der Waals surface area contributed by atoms with Gasteiger partial charge in [-0.3, -0.25) is 4.79 Å². The van der Waals surface area contributed by atoms with Crippen LogP contribution in [0.1, 0.15) is 53.9 Å². The van der Waals surface area contributed by atoms with Gasteiger partial charge < -0.3 is 10.0 Å². The Bertz CT molecular complexity index is 1560. The van der Waals surface area contributed by atoms with Crippen LogP contribution in [-0.4, -0.2) is 60.4 Å². The highest BCUT2D eigenvalue weighted by Crippen LogP contribution is 2.44. The predicted molar refractivity (Wildman–Crippen MR) is 154 cm³/mol. The van der Waals surface area contributed by atoms with Crippen LogP contribution in [0.25, 0.3) is 11.1 Å². The molecular formula is C32H35F3N2O4S. The lowest BCUT2D eigenvalue weighted by atomic mass is 9.74. The lowest BCUT2D eigenvalue weighted by Gasteiger charge is -2.56. The van der Waals surface area contributed by atoms with Crippen LogP contribution in [0.4, 0.5) is 13.2 Å². The summed E-state index contributed by atoms with van der Waals surface area (Å²) in [4.78, 5) is 14.0. The van der Waals surface area contributed by atoms with Crippen molar-refractivity contribution in [1.29, 1.82) is 0 Å². The molecule has 42 heavy (non-hydrogen) atoms. The summed E-state index contributed by atoms with van der Waals surface area (Å²) in [5.74, 6) is -0.571. The Kier molecular flexibility index (Phi) is 8.51. The first-order valence-corrected chi connectivity index (χ1v) is 15.6. The number of aliphatic hydroxyl groups excluding tert-OH is 1. The number of nitrogens with zero attached hydrogens (tertiary/aromatic N) is 2. The third-order valence-corrected chi connectivity index (χ3v) is 10.7. The number of fused-ring (bicyclic) bond motifs is 1. The van der Waals surface area contributed by atoms with Crippen molar-refractivity contribution >= 4 is 15.9 Å². The number of sulfonamides is 1. The third kappa shape index (κ3) is 5.59. The van der Waals surface area contributed by atoms with Crippen LogP contribution in [0.15, 0.2) is 71.6 Å². The van der Waals surface area contributed by atoms with Crippen LogP contribution in [0, 0.1) is 13.8 Å². The molecule has 0 aliphatic carbocycles. The van der Waals surface area contributed by atoms with E-state index in [1.807, 2.05) is 49.4 Å². The number of alkyl halides is 3. The first kappa shape index (κ1) is 30.3. The molecule has 3 aromatic carbocycles. The molecule has 0 spiro atoms. The van der Waals surface area contributed by atoms with Gasteiger partial charge in [0.05, 0.1) is 29.1 Å². The average Bonchev–Trinajstić information content (AvgIpc) is 2.95. The summed E-state index contributed by atoms with van der Waals surface area (Å²) in [6, 6.07) is 16.9. The minimum Gasteiger partial charge on any atom is -0.394 e. The maximum Gasteiger partial charge on any atom is 0.417 e. The van der Waals surface area contributed by atoms with E-state index in [9.17, 15) is 31.5 Å². The molecule has 10 heteroatoms. The Morgan fingerprint density at radius 3 is 2.33 bits per heavy atom. The molecule has 2 aliphatic rings. The Morgan fingerprint density at radius 1 is 0.929 bits per heavy atom. The van der Waals surface area contributed by atoms with E-state index < -0.39 is 38.7 Å². The standard InChI is InChI=1S/C32H35F3N2O4S/c1-21-9-8-10-25(22(21)2)23-14-16-24(17-15-23)31-27-19-36(18-7-3-4-13-30(39)37(27)28(31)20-38)42(40,41)29-12-6-5-11-26(29)32(33,34)35/h5-6,8-12,14-17,27-28,31,38H,3-4,7,13,18-20H2,1-2H3/t27-,28+,31-/m0/s1. The molecule has 0 radical (unpaired) electrons. The fraction of sp³-hybridized carbons (Fsp3) is 0.406. The fourth-order valence-electron chi connectivity index (χ4n) is 6.37. The van der Waals surface area contributed by atoms with Crippen LogP contribution in [0.5, 0.6) is 0 Å². The van der Waals surface area contributed by atoms with Crippen molar-refractivity contribution in [3.05, 3.63) is 89.0 Å². The molecule has 1 amide bonds. The normalized spacial score (nSPS) is 22.4. The number of halogens is 3. The molecule has 0 saturated carbocycles. The van der Waals surface area contributed by atoms with Crippen molar-refractivity contribution in [2.24, 2.45) is 0 Å². The molecule has 0 aromatic heterocycles. The SMILES string of the molecule is Cc1cccc(-c2ccc([C@@H]3[C@@H](CO)N4C(=O)CCCCCN(S(=O)(=O)c5ccccc5C(F)(F)F)C[C@@H]34)cc2)c1C. The van der Waals surface area contributed by atoms with Gasteiger partial charge in [0.15, 0.2) is 0 Å². The lowest BCUT2D eigenvalue weighted by Crippen LogP contribution is -2.69. The zero-order valence-corrected chi connectivity index (χ0v) is 24.5. The summed E-state index contributed by atoms with van der Waals surface area (Å²) >= 11 is 0. The highest BCUT2D eigenvalue weighted by atomic mass is 32.2. The van der Waals surface area contributed by atoms with E-state index in [-0.39, 0.29) is 37.9 Å². The molecule has 2 heterocycles. The average molecular weight is 601 g/mol. The van der Waals surface area contributed by atoms with Crippen molar-refractivity contribution in [3.63, 3.8) is 0 Å². The molecule has 2 saturated heterocycles. The van der Waals surface area contributed by atoms with E-state index >= 15 is 0 Å². The minimum atomic E-state index is -4.85. The van der Waals surface area contributed by atoms with Crippen LogP contribution in [0.2, 0.25) is 0 Å². The highest BCUT2D eigenvalue weighted by Gasteiger charge is 2.52. The van der Waals surface area contributed by atoms with Gasteiger partial charge >= 0.3 is 6.18 Å². The van der Waals surface area contributed by atoms with Gasteiger partial charge in [0.1, 0.15) is 0 Å². The van der Waals surface area contributed by atoms with E-state index in [0.29, 0.717) is 19.3 Å². The quantitative estimate of drug-likeness (QED) is 0.395. The molecule has 3 aromatic rings. The van der Waals surface area contributed by atoms with Gasteiger partial charge in [-0.2, -0.15) is 17.5 Å². The minimum absolute atomic E-state index is 0.0368. The van der Waals surface area contributed by atoms with E-state index in [1.165, 1.54) is 17.7 Å². The van der Waals surface area contributed by atoms with E-state index in [0.717, 1.165) is 38.7 Å². The van der Waals surface area contributed by atoms with Crippen molar-refractivity contribution in [1.82, 2.24) is 9.21 Å². The van der Waals surface area contributed by atoms with Gasteiger partial charge in [-0.15, -0.1) is 0 Å². The number of amides is 1. The topological polar surface area (TPSA) is 77.9 Å². The van der Waals surface area contributed by atoms with Crippen LogP contribution >= 0.6 is 0 Å². The Balaban J connectivity index is 1.52. The smallest absolute Gasteiger partial charge is 0.394 e. The molecule has 5 rings (SSSR count). The number of hydrogen-bond acceptors (Lipinski definition) is 4. The lowest BCUT2D eigenvalue weighted by molar-refractivity contribution is -0.151. The van der Waals surface area contributed by atoms with Crippen molar-refractivity contribution in [2.45, 2.75) is 68.6 Å². The zero-order chi connectivity index (χ0) is 30.2. The fourth-order valence-corrected chi connectivity index (χ4v) is 8.08. The summed E-state index contributed by atoms with van der Waals surface area (Å²) in [5.41, 5.74) is 4.04. The van der Waals surface area contributed by atoms with Crippen molar-refractivity contribution in [3.8, 4) is 11.1 Å². The van der Waals surface area contributed by atoms with Crippen LogP contribution < -0.4 is 0 Å². The second kappa shape index (κ2) is 11.8.